The van der Waals surface area contributed by atoms with Gasteiger partial charge in [0.1, 0.15) is 11.6 Å². The van der Waals surface area contributed by atoms with Crippen molar-refractivity contribution in [1.29, 1.82) is 0 Å². The molecule has 1 aliphatic heterocycles. The van der Waals surface area contributed by atoms with E-state index in [4.69, 9.17) is 25.8 Å². The number of hydrogen-bond donors (Lipinski definition) is 0. The van der Waals surface area contributed by atoms with Crippen molar-refractivity contribution in [2.24, 2.45) is 23.7 Å². The molecule has 41 heavy (non-hydrogen) atoms. The third-order valence-electron chi connectivity index (χ3n) is 9.70. The Morgan fingerprint density at radius 2 is 1.54 bits per heavy atom. The number of rotatable bonds is 10. The van der Waals surface area contributed by atoms with Crippen LogP contribution in [0.3, 0.4) is 0 Å². The Hall–Kier alpha value is -1.76. The molecule has 0 N–H and O–H groups in total. The van der Waals surface area contributed by atoms with Gasteiger partial charge in [0.2, 0.25) is 0 Å². The van der Waals surface area contributed by atoms with Crippen LogP contribution in [0.2, 0.25) is 5.02 Å². The summed E-state index contributed by atoms with van der Waals surface area (Å²) >= 11 is 5.84. The fourth-order valence-electron chi connectivity index (χ4n) is 7.12. The third-order valence-corrected chi connectivity index (χ3v) is 9.96. The second-order valence-electron chi connectivity index (χ2n) is 12.5. The minimum absolute atomic E-state index is 0.0896. The van der Waals surface area contributed by atoms with Gasteiger partial charge in [0, 0.05) is 16.5 Å². The van der Waals surface area contributed by atoms with Gasteiger partial charge in [-0.2, -0.15) is 8.78 Å². The van der Waals surface area contributed by atoms with Gasteiger partial charge in [0.05, 0.1) is 19.1 Å². The number of hydrogen-bond acceptors (Lipinski definition) is 3. The highest BCUT2D eigenvalue weighted by Gasteiger charge is 2.44. The maximum absolute atomic E-state index is 15.3. The summed E-state index contributed by atoms with van der Waals surface area (Å²) in [6, 6.07) is 11.1. The van der Waals surface area contributed by atoms with Crippen molar-refractivity contribution in [3.05, 3.63) is 64.4 Å². The molecule has 3 fully saturated rings. The van der Waals surface area contributed by atoms with Crippen LogP contribution >= 0.6 is 11.6 Å². The van der Waals surface area contributed by atoms with E-state index in [1.54, 1.807) is 6.07 Å². The van der Waals surface area contributed by atoms with Gasteiger partial charge < -0.3 is 14.2 Å². The highest BCUT2D eigenvalue weighted by molar-refractivity contribution is 6.30. The molecule has 2 aromatic carbocycles. The van der Waals surface area contributed by atoms with Gasteiger partial charge in [-0.1, -0.05) is 69.2 Å². The molecule has 1 heterocycles. The van der Waals surface area contributed by atoms with Crippen molar-refractivity contribution in [2.75, 3.05) is 13.2 Å². The molecular formula is C34H44ClF3O3. The molecule has 0 atom stereocenters. The van der Waals surface area contributed by atoms with Crippen LogP contribution in [-0.2, 0) is 9.47 Å². The van der Waals surface area contributed by atoms with E-state index in [9.17, 15) is 8.78 Å². The average Bonchev–Trinajstić information content (AvgIpc) is 2.99. The number of halogens is 4. The molecule has 1 saturated heterocycles. The van der Waals surface area contributed by atoms with Crippen LogP contribution < -0.4 is 4.74 Å². The first-order valence-corrected chi connectivity index (χ1v) is 16.0. The van der Waals surface area contributed by atoms with Crippen LogP contribution in [0.1, 0.15) is 107 Å². The van der Waals surface area contributed by atoms with Crippen LogP contribution in [0.5, 0.6) is 5.75 Å². The van der Waals surface area contributed by atoms with Crippen LogP contribution in [0.4, 0.5) is 13.2 Å². The van der Waals surface area contributed by atoms with Crippen molar-refractivity contribution in [3.63, 3.8) is 0 Å². The predicted molar refractivity (Wildman–Crippen MR) is 156 cm³/mol. The van der Waals surface area contributed by atoms with Gasteiger partial charge >= 0.3 is 6.11 Å². The van der Waals surface area contributed by atoms with Gasteiger partial charge in [-0.25, -0.2) is 4.39 Å². The zero-order chi connectivity index (χ0) is 28.8. The van der Waals surface area contributed by atoms with E-state index in [2.05, 4.69) is 6.92 Å². The Balaban J connectivity index is 1.08. The fraction of sp³-hybridized carbons (Fsp3) is 0.647. The maximum Gasteiger partial charge on any atom is 0.400 e. The largest absolute Gasteiger partial charge is 0.432 e. The smallest absolute Gasteiger partial charge is 0.400 e. The van der Waals surface area contributed by atoms with E-state index >= 15 is 4.39 Å². The van der Waals surface area contributed by atoms with Crippen molar-refractivity contribution >= 4 is 11.6 Å². The topological polar surface area (TPSA) is 27.7 Å². The minimum Gasteiger partial charge on any atom is -0.432 e. The summed E-state index contributed by atoms with van der Waals surface area (Å²) in [6.07, 6.45) is 8.15. The Morgan fingerprint density at radius 1 is 0.854 bits per heavy atom. The van der Waals surface area contributed by atoms with E-state index in [1.165, 1.54) is 81.7 Å². The lowest BCUT2D eigenvalue weighted by Gasteiger charge is -2.38. The normalized spacial score (nSPS) is 29.3. The van der Waals surface area contributed by atoms with Gasteiger partial charge in [-0.05, 0) is 92.2 Å². The molecule has 2 aromatic rings. The zero-order valence-electron chi connectivity index (χ0n) is 24.1. The summed E-state index contributed by atoms with van der Waals surface area (Å²) in [5.41, 5.74) is 1.26. The Morgan fingerprint density at radius 3 is 2.17 bits per heavy atom. The molecule has 5 rings (SSSR count). The first kappa shape index (κ1) is 30.7. The first-order chi connectivity index (χ1) is 19.8. The molecule has 3 nitrogen and oxygen atoms in total. The lowest BCUT2D eigenvalue weighted by atomic mass is 9.74. The van der Waals surface area contributed by atoms with E-state index in [1.807, 2.05) is 6.07 Å². The molecule has 0 spiro atoms. The van der Waals surface area contributed by atoms with Crippen molar-refractivity contribution < 1.29 is 27.4 Å². The molecule has 3 aliphatic rings. The summed E-state index contributed by atoms with van der Waals surface area (Å²) in [5, 5.41) is 0.463. The summed E-state index contributed by atoms with van der Waals surface area (Å²) in [5.74, 6) is 0.705. The van der Waals surface area contributed by atoms with E-state index in [0.717, 1.165) is 5.92 Å². The summed E-state index contributed by atoms with van der Waals surface area (Å²) < 4.78 is 62.1. The molecule has 2 saturated carbocycles. The molecular weight excluding hydrogens is 549 g/mol. The fourth-order valence-corrected chi connectivity index (χ4v) is 7.24. The zero-order valence-corrected chi connectivity index (χ0v) is 24.9. The summed E-state index contributed by atoms with van der Waals surface area (Å²) in [6.45, 7) is 3.56. The van der Waals surface area contributed by atoms with Crippen LogP contribution in [0.25, 0.3) is 0 Å². The van der Waals surface area contributed by atoms with Crippen LogP contribution in [0.15, 0.2) is 42.5 Å². The number of unbranched alkanes of at least 4 members (excludes halogenated alkanes) is 2. The highest BCUT2D eigenvalue weighted by Crippen LogP contribution is 2.44. The Labute approximate surface area is 248 Å². The molecule has 0 bridgehead atoms. The summed E-state index contributed by atoms with van der Waals surface area (Å²) in [4.78, 5) is 0. The predicted octanol–water partition coefficient (Wildman–Crippen LogP) is 10.5. The van der Waals surface area contributed by atoms with Gasteiger partial charge in [0.15, 0.2) is 6.29 Å². The molecule has 0 radical (unpaired) electrons. The van der Waals surface area contributed by atoms with Crippen LogP contribution in [-0.4, -0.2) is 19.3 Å². The Bertz CT molecular complexity index is 1090. The first-order valence-electron chi connectivity index (χ1n) is 15.7. The molecule has 0 aromatic heterocycles. The van der Waals surface area contributed by atoms with Gasteiger partial charge in [-0.15, -0.1) is 0 Å². The quantitative estimate of drug-likeness (QED) is 0.257. The van der Waals surface area contributed by atoms with E-state index < -0.39 is 18.3 Å². The number of benzene rings is 2. The maximum atomic E-state index is 15.3. The average molecular weight is 593 g/mol. The van der Waals surface area contributed by atoms with E-state index in [0.29, 0.717) is 54.0 Å². The third kappa shape index (κ3) is 8.00. The van der Waals surface area contributed by atoms with Gasteiger partial charge in [0.25, 0.3) is 0 Å². The minimum atomic E-state index is -3.29. The standard InChI is InChI=1S/C34H44ClF3O3/c1-2-3-4-5-23-6-8-24(9-7-23)27-21-39-33(40-22-27)26-12-19-31(32(36)20-26)25-10-13-28(14-11-25)34(37,38)41-30-17-15-29(35)16-18-30/h12,15-20,23-25,27-28,33H,2-11,13-14,21-22H2,1H3. The molecule has 0 amide bonds. The van der Waals surface area contributed by atoms with Crippen molar-refractivity contribution in [2.45, 2.75) is 102 Å². The van der Waals surface area contributed by atoms with Crippen molar-refractivity contribution in [3.8, 4) is 5.75 Å². The number of ether oxygens (including phenoxy) is 3. The number of alkyl halides is 2. The Kier molecular flexibility index (Phi) is 10.6. The van der Waals surface area contributed by atoms with Crippen molar-refractivity contribution in [1.82, 2.24) is 0 Å². The summed E-state index contributed by atoms with van der Waals surface area (Å²) in [7, 11) is 0. The molecule has 226 valence electrons. The van der Waals surface area contributed by atoms with E-state index in [-0.39, 0.29) is 30.3 Å². The molecule has 7 heteroatoms. The SMILES string of the molecule is CCCCCC1CCC(C2COC(c3ccc(C4CCC(C(F)(F)Oc5ccc(Cl)cc5)CC4)c(F)c3)OC2)CC1. The molecule has 0 unspecified atom stereocenters. The highest BCUT2D eigenvalue weighted by atomic mass is 35.5. The van der Waals surface area contributed by atoms with Gasteiger partial charge in [-0.3, -0.25) is 0 Å². The monoisotopic (exact) mass is 592 g/mol. The van der Waals surface area contributed by atoms with Crippen LogP contribution in [0, 0.1) is 29.5 Å². The molecule has 2 aliphatic carbocycles. The second-order valence-corrected chi connectivity index (χ2v) is 12.9. The second kappa shape index (κ2) is 14.1. The lowest BCUT2D eigenvalue weighted by molar-refractivity contribution is -0.222. The lowest BCUT2D eigenvalue weighted by Crippen LogP contribution is -2.37.